The van der Waals surface area contributed by atoms with E-state index in [9.17, 15) is 4.79 Å². The first-order valence-electron chi connectivity index (χ1n) is 6.53. The standard InChI is InChI=1S/C12H23N3O2/c1-9(6-13)7-15-4-5-17-8-11(15)12(16)14-10-2-3-10/h9-11H,2-8,13H2,1H3,(H,14,16). The Morgan fingerprint density at radius 3 is 3.00 bits per heavy atom. The Balaban J connectivity index is 1.88. The minimum Gasteiger partial charge on any atom is -0.378 e. The monoisotopic (exact) mass is 241 g/mol. The molecule has 1 saturated heterocycles. The fourth-order valence-corrected chi connectivity index (χ4v) is 2.10. The van der Waals surface area contributed by atoms with Crippen LogP contribution in [-0.2, 0) is 9.53 Å². The SMILES string of the molecule is CC(CN)CN1CCOCC1C(=O)NC1CC1. The van der Waals surface area contributed by atoms with Gasteiger partial charge in [-0.3, -0.25) is 9.69 Å². The zero-order chi connectivity index (χ0) is 12.3. The molecule has 2 rings (SSSR count). The van der Waals surface area contributed by atoms with E-state index < -0.39 is 0 Å². The number of hydrogen-bond donors (Lipinski definition) is 2. The van der Waals surface area contributed by atoms with Crippen LogP contribution < -0.4 is 11.1 Å². The molecule has 0 aromatic heterocycles. The van der Waals surface area contributed by atoms with Crippen molar-refractivity contribution in [1.29, 1.82) is 0 Å². The lowest BCUT2D eigenvalue weighted by Gasteiger charge is -2.35. The van der Waals surface area contributed by atoms with Gasteiger partial charge >= 0.3 is 0 Å². The highest BCUT2D eigenvalue weighted by molar-refractivity contribution is 5.82. The number of carbonyl (C=O) groups is 1. The van der Waals surface area contributed by atoms with E-state index in [0.29, 0.717) is 31.7 Å². The molecule has 3 N–H and O–H groups in total. The zero-order valence-corrected chi connectivity index (χ0v) is 10.5. The Morgan fingerprint density at radius 1 is 1.59 bits per heavy atom. The predicted octanol–water partition coefficient (Wildman–Crippen LogP) is -0.439. The number of hydrogen-bond acceptors (Lipinski definition) is 4. The van der Waals surface area contributed by atoms with Gasteiger partial charge in [-0.15, -0.1) is 0 Å². The molecule has 2 atom stereocenters. The summed E-state index contributed by atoms with van der Waals surface area (Å²) in [6, 6.07) is 0.288. The summed E-state index contributed by atoms with van der Waals surface area (Å²) in [5.41, 5.74) is 5.64. The highest BCUT2D eigenvalue weighted by Crippen LogP contribution is 2.19. The first kappa shape index (κ1) is 12.8. The van der Waals surface area contributed by atoms with Gasteiger partial charge in [0.25, 0.3) is 0 Å². The summed E-state index contributed by atoms with van der Waals surface area (Å²) in [5, 5.41) is 3.05. The van der Waals surface area contributed by atoms with E-state index in [0.717, 1.165) is 25.9 Å². The predicted molar refractivity (Wildman–Crippen MR) is 65.6 cm³/mol. The van der Waals surface area contributed by atoms with Gasteiger partial charge in [-0.2, -0.15) is 0 Å². The number of nitrogens with zero attached hydrogens (tertiary/aromatic N) is 1. The molecule has 5 heteroatoms. The highest BCUT2D eigenvalue weighted by atomic mass is 16.5. The fourth-order valence-electron chi connectivity index (χ4n) is 2.10. The fraction of sp³-hybridized carbons (Fsp3) is 0.917. The van der Waals surface area contributed by atoms with Gasteiger partial charge in [0.2, 0.25) is 5.91 Å². The molecule has 17 heavy (non-hydrogen) atoms. The van der Waals surface area contributed by atoms with Crippen molar-refractivity contribution in [2.75, 3.05) is 32.8 Å². The van der Waals surface area contributed by atoms with E-state index >= 15 is 0 Å². The lowest BCUT2D eigenvalue weighted by molar-refractivity contribution is -0.133. The van der Waals surface area contributed by atoms with Gasteiger partial charge in [0.15, 0.2) is 0 Å². The second-order valence-corrected chi connectivity index (χ2v) is 5.21. The molecule has 0 aromatic rings. The molecule has 0 bridgehead atoms. The summed E-state index contributed by atoms with van der Waals surface area (Å²) in [6.07, 6.45) is 2.25. The molecule has 98 valence electrons. The summed E-state index contributed by atoms with van der Waals surface area (Å²) in [7, 11) is 0. The first-order chi connectivity index (χ1) is 8.20. The van der Waals surface area contributed by atoms with Crippen molar-refractivity contribution >= 4 is 5.91 Å². The Labute approximate surface area is 103 Å². The van der Waals surface area contributed by atoms with Crippen LogP contribution in [0.5, 0.6) is 0 Å². The molecule has 1 saturated carbocycles. The largest absolute Gasteiger partial charge is 0.378 e. The second-order valence-electron chi connectivity index (χ2n) is 5.21. The van der Waals surface area contributed by atoms with Crippen LogP contribution in [0.4, 0.5) is 0 Å². The van der Waals surface area contributed by atoms with Crippen LogP contribution in [0.25, 0.3) is 0 Å². The number of rotatable bonds is 5. The Hall–Kier alpha value is -0.650. The van der Waals surface area contributed by atoms with E-state index in [1.54, 1.807) is 0 Å². The third kappa shape index (κ3) is 3.66. The van der Waals surface area contributed by atoms with Gasteiger partial charge in [-0.25, -0.2) is 0 Å². The number of nitrogens with two attached hydrogens (primary N) is 1. The molecule has 2 unspecified atom stereocenters. The molecule has 2 fully saturated rings. The van der Waals surface area contributed by atoms with E-state index in [2.05, 4.69) is 17.1 Å². The number of amides is 1. The molecule has 1 aliphatic heterocycles. The molecule has 1 heterocycles. The Kier molecular flexibility index (Phi) is 4.36. The molecule has 0 aromatic carbocycles. The molecular weight excluding hydrogens is 218 g/mol. The maximum absolute atomic E-state index is 12.1. The summed E-state index contributed by atoms with van der Waals surface area (Å²) >= 11 is 0. The van der Waals surface area contributed by atoms with Crippen molar-refractivity contribution in [1.82, 2.24) is 10.2 Å². The van der Waals surface area contributed by atoms with Crippen LogP contribution in [0.1, 0.15) is 19.8 Å². The Bertz CT molecular complexity index is 268. The first-order valence-corrected chi connectivity index (χ1v) is 6.53. The van der Waals surface area contributed by atoms with E-state index in [4.69, 9.17) is 10.5 Å². The second kappa shape index (κ2) is 5.80. The third-order valence-electron chi connectivity index (χ3n) is 3.41. The molecule has 1 amide bonds. The van der Waals surface area contributed by atoms with Crippen molar-refractivity contribution < 1.29 is 9.53 Å². The minimum absolute atomic E-state index is 0.122. The third-order valence-corrected chi connectivity index (χ3v) is 3.41. The normalized spacial score (nSPS) is 27.8. The van der Waals surface area contributed by atoms with Gasteiger partial charge < -0.3 is 15.8 Å². The molecule has 5 nitrogen and oxygen atoms in total. The van der Waals surface area contributed by atoms with Crippen LogP contribution in [0, 0.1) is 5.92 Å². The number of ether oxygens (including phenoxy) is 1. The topological polar surface area (TPSA) is 67.6 Å². The quantitative estimate of drug-likeness (QED) is 0.685. The van der Waals surface area contributed by atoms with Crippen molar-refractivity contribution in [2.24, 2.45) is 11.7 Å². The van der Waals surface area contributed by atoms with Crippen molar-refractivity contribution in [3.05, 3.63) is 0 Å². The number of nitrogens with one attached hydrogen (secondary N) is 1. The maximum atomic E-state index is 12.1. The number of morpholine rings is 1. The van der Waals surface area contributed by atoms with Crippen LogP contribution >= 0.6 is 0 Å². The summed E-state index contributed by atoms with van der Waals surface area (Å²) in [5.74, 6) is 0.542. The van der Waals surface area contributed by atoms with Gasteiger partial charge in [-0.05, 0) is 25.3 Å². The summed E-state index contributed by atoms with van der Waals surface area (Å²) < 4.78 is 5.42. The summed E-state index contributed by atoms with van der Waals surface area (Å²) in [4.78, 5) is 14.3. The lowest BCUT2D eigenvalue weighted by Crippen LogP contribution is -2.55. The van der Waals surface area contributed by atoms with Gasteiger partial charge in [0.05, 0.1) is 13.2 Å². The Morgan fingerprint density at radius 2 is 2.35 bits per heavy atom. The van der Waals surface area contributed by atoms with E-state index in [-0.39, 0.29) is 11.9 Å². The van der Waals surface area contributed by atoms with Crippen molar-refractivity contribution in [2.45, 2.75) is 31.8 Å². The lowest BCUT2D eigenvalue weighted by atomic mass is 10.1. The molecule has 0 spiro atoms. The zero-order valence-electron chi connectivity index (χ0n) is 10.5. The molecule has 2 aliphatic rings. The molecule has 1 aliphatic carbocycles. The maximum Gasteiger partial charge on any atom is 0.239 e. The summed E-state index contributed by atoms with van der Waals surface area (Å²) in [6.45, 7) is 5.70. The molecular formula is C12H23N3O2. The van der Waals surface area contributed by atoms with E-state index in [1.807, 2.05) is 0 Å². The van der Waals surface area contributed by atoms with Gasteiger partial charge in [0, 0.05) is 19.1 Å². The van der Waals surface area contributed by atoms with Crippen molar-refractivity contribution in [3.63, 3.8) is 0 Å². The number of carbonyl (C=O) groups excluding carboxylic acids is 1. The average molecular weight is 241 g/mol. The van der Waals surface area contributed by atoms with Gasteiger partial charge in [-0.1, -0.05) is 6.92 Å². The smallest absolute Gasteiger partial charge is 0.239 e. The highest BCUT2D eigenvalue weighted by Gasteiger charge is 2.33. The van der Waals surface area contributed by atoms with Crippen LogP contribution in [0.2, 0.25) is 0 Å². The van der Waals surface area contributed by atoms with Crippen molar-refractivity contribution in [3.8, 4) is 0 Å². The molecule has 0 radical (unpaired) electrons. The average Bonchev–Trinajstić information content (AvgIpc) is 3.13. The van der Waals surface area contributed by atoms with E-state index in [1.165, 1.54) is 0 Å². The van der Waals surface area contributed by atoms with Crippen LogP contribution in [0.3, 0.4) is 0 Å². The van der Waals surface area contributed by atoms with Gasteiger partial charge in [0.1, 0.15) is 6.04 Å². The minimum atomic E-state index is -0.127. The van der Waals surface area contributed by atoms with Crippen LogP contribution in [0.15, 0.2) is 0 Å². The van der Waals surface area contributed by atoms with Crippen LogP contribution in [-0.4, -0.2) is 55.7 Å².